The lowest BCUT2D eigenvalue weighted by molar-refractivity contribution is -0.197. The predicted octanol–water partition coefficient (Wildman–Crippen LogP) is 4.31. The summed E-state index contributed by atoms with van der Waals surface area (Å²) in [6.07, 6.45) is 1.45. The van der Waals surface area contributed by atoms with Gasteiger partial charge < -0.3 is 70.4 Å². The number of benzene rings is 2. The second-order valence-electron chi connectivity index (χ2n) is 23.4. The van der Waals surface area contributed by atoms with Crippen LogP contribution in [0.3, 0.4) is 0 Å². The molecule has 29 heteroatoms. The van der Waals surface area contributed by atoms with Crippen LogP contribution in [-0.2, 0) is 68.6 Å². The first kappa shape index (κ1) is 69.7. The van der Waals surface area contributed by atoms with E-state index in [1.165, 1.54) is 58.5 Å². The number of unbranched alkanes of at least 4 members (excludes halogenated alkanes) is 1. The minimum atomic E-state index is -1.92. The Bertz CT molecular complexity index is 3360. The Hall–Kier alpha value is -8.73. The number of primary amides is 1. The molecule has 3 aromatic rings. The number of halogens is 1. The molecule has 7 rings (SSSR count). The van der Waals surface area contributed by atoms with Gasteiger partial charge in [0.1, 0.15) is 52.8 Å². The number of methoxy groups -OCH3 is 2. The minimum Gasteiger partial charge on any atom is -0.495 e. The number of hydrogen-bond acceptors (Lipinski definition) is 19. The lowest BCUT2D eigenvalue weighted by Crippen LogP contribution is -2.62. The standard InChI is InChI=1S/C62H79ClN10O18/c1-33(2)53(69-47(74)19-10-11-20-51(78)91-73-48(75)23-24-49(73)76)56(80)68-41(17-14-26-66-59(64)83)55(79)67-40-22-21-39(38-16-13-25-65-54(38)40)57(81)71(6)35(4)58(82)89-45-31-50(77)72(7)42-28-36(29-43(86-8)52(42)63)27-34(3)15-12-18-44(87-9)62(85)32-37(88-60(84)70-62)30-46-61(45,5)90-46/h12-13,15-16,18,21-22,25,28-29,33,35,37,41,44-46,53,85H,10-11,14,17,19-20,23-24,26-27,30-32H2,1-9H3,(H,67,79)(H,68,80)(H,69,74)(H,70,84)(H3,64,66,83)/b18-12+,34-15+/t35-,37+,41-,44+,45-,46-,53-,61-,62-/m0/s1. The number of carbonyl (C=O) groups is 11. The van der Waals surface area contributed by atoms with Crippen molar-refractivity contribution < 1.29 is 86.4 Å². The van der Waals surface area contributed by atoms with Crippen molar-refractivity contribution >= 4 is 99.3 Å². The summed E-state index contributed by atoms with van der Waals surface area (Å²) < 4.78 is 29.4. The third-order valence-corrected chi connectivity index (χ3v) is 16.7. The van der Waals surface area contributed by atoms with Crippen LogP contribution in [0.2, 0.25) is 5.02 Å². The Morgan fingerprint density at radius 3 is 2.36 bits per heavy atom. The zero-order valence-electron chi connectivity index (χ0n) is 52.2. The van der Waals surface area contributed by atoms with Crippen molar-refractivity contribution in [1.29, 1.82) is 0 Å². The highest BCUT2D eigenvalue weighted by atomic mass is 35.5. The Morgan fingerprint density at radius 2 is 1.68 bits per heavy atom. The molecule has 3 fully saturated rings. The summed E-state index contributed by atoms with van der Waals surface area (Å²) in [5.41, 5.74) is 4.20. The largest absolute Gasteiger partial charge is 0.495 e. The number of nitrogens with zero attached hydrogens (tertiary/aromatic N) is 4. The molecule has 0 spiro atoms. The van der Waals surface area contributed by atoms with Gasteiger partial charge in [0.15, 0.2) is 5.72 Å². The monoisotopic (exact) mass is 1290 g/mol. The summed E-state index contributed by atoms with van der Waals surface area (Å²) in [6.45, 7) is 8.35. The third-order valence-electron chi connectivity index (χ3n) is 16.4. The molecule has 492 valence electrons. The molecule has 0 saturated carbocycles. The summed E-state index contributed by atoms with van der Waals surface area (Å²) in [5.74, 6) is -6.37. The van der Waals surface area contributed by atoms with Gasteiger partial charge in [0.2, 0.25) is 23.6 Å². The van der Waals surface area contributed by atoms with Crippen molar-refractivity contribution in [1.82, 2.24) is 36.2 Å². The van der Waals surface area contributed by atoms with Gasteiger partial charge in [-0.1, -0.05) is 55.3 Å². The Kier molecular flexibility index (Phi) is 23.3. The number of esters is 1. The van der Waals surface area contributed by atoms with E-state index in [9.17, 15) is 57.8 Å². The SMILES string of the molecule is COc1cc2cc(c1Cl)N(C)C(=O)C[C@H](OC(=O)[C@H](C)N(C)C(=O)c1ccc(NC(=O)[C@H](CCCNC(N)=O)NC(=O)[C@@H](NC(=O)CCCCC(=O)ON3C(=O)CCC3=O)C(C)C)c3ncccc13)[C@]1(C)O[C@H]1C[C@@H]1C[C@@](O)(NC(=O)O1)[C@H](OC)/C=C/C=C(\C)C2. The lowest BCUT2D eigenvalue weighted by Gasteiger charge is -2.40. The molecule has 5 heterocycles. The number of amides is 10. The molecule has 10 amide bonds. The van der Waals surface area contributed by atoms with E-state index in [4.69, 9.17) is 45.9 Å². The van der Waals surface area contributed by atoms with Gasteiger partial charge in [0.25, 0.3) is 17.7 Å². The number of aromatic nitrogens is 1. The van der Waals surface area contributed by atoms with Gasteiger partial charge in [-0.05, 0) is 94.7 Å². The molecule has 3 saturated heterocycles. The normalized spacial score (nSPS) is 23.6. The van der Waals surface area contributed by atoms with E-state index in [2.05, 4.69) is 31.6 Å². The summed E-state index contributed by atoms with van der Waals surface area (Å²) in [7, 11) is 5.72. The van der Waals surface area contributed by atoms with Crippen molar-refractivity contribution in [3.63, 3.8) is 0 Å². The van der Waals surface area contributed by atoms with Crippen LogP contribution in [0.4, 0.5) is 21.0 Å². The molecule has 4 aliphatic rings. The van der Waals surface area contributed by atoms with Crippen LogP contribution >= 0.6 is 11.6 Å². The first-order valence-electron chi connectivity index (χ1n) is 29.8. The maximum atomic E-state index is 14.6. The highest BCUT2D eigenvalue weighted by Crippen LogP contribution is 2.47. The van der Waals surface area contributed by atoms with Crippen LogP contribution in [0, 0.1) is 5.92 Å². The molecule has 4 aliphatic heterocycles. The Morgan fingerprint density at radius 1 is 0.967 bits per heavy atom. The van der Waals surface area contributed by atoms with Gasteiger partial charge in [0.05, 0.1) is 36.5 Å². The van der Waals surface area contributed by atoms with Crippen molar-refractivity contribution in [3.05, 3.63) is 82.5 Å². The van der Waals surface area contributed by atoms with Crippen molar-refractivity contribution in [2.24, 2.45) is 11.7 Å². The molecule has 0 unspecified atom stereocenters. The number of urea groups is 1. The minimum absolute atomic E-state index is 0.00599. The van der Waals surface area contributed by atoms with Crippen molar-refractivity contribution in [2.45, 2.75) is 166 Å². The Balaban J connectivity index is 1.07. The number of fused-ring (bicyclic) bond motifs is 6. The Labute approximate surface area is 530 Å². The lowest BCUT2D eigenvalue weighted by atomic mass is 9.90. The summed E-state index contributed by atoms with van der Waals surface area (Å²) in [5, 5.41) is 25.8. The number of ether oxygens (including phenoxy) is 5. The number of hydrogen-bond donors (Lipinski definition) is 7. The average molecular weight is 1290 g/mol. The fourth-order valence-electron chi connectivity index (χ4n) is 10.9. The van der Waals surface area contributed by atoms with Gasteiger partial charge in [-0.25, -0.2) is 19.2 Å². The zero-order valence-corrected chi connectivity index (χ0v) is 53.0. The zero-order chi connectivity index (χ0) is 66.6. The van der Waals surface area contributed by atoms with Crippen LogP contribution in [-0.4, -0.2) is 174 Å². The van der Waals surface area contributed by atoms with Crippen LogP contribution in [0.1, 0.15) is 121 Å². The van der Waals surface area contributed by atoms with Crippen molar-refractivity contribution in [3.8, 4) is 5.75 Å². The molecule has 28 nitrogen and oxygen atoms in total. The van der Waals surface area contributed by atoms with E-state index in [1.54, 1.807) is 57.2 Å². The number of nitrogens with two attached hydrogens (primary N) is 1. The number of pyridine rings is 1. The summed E-state index contributed by atoms with van der Waals surface area (Å²) in [6, 6.07) is 4.93. The van der Waals surface area contributed by atoms with Crippen molar-refractivity contribution in [2.75, 3.05) is 45.1 Å². The molecule has 4 bridgehead atoms. The third kappa shape index (κ3) is 17.4. The first-order chi connectivity index (χ1) is 43.1. The molecule has 0 radical (unpaired) electrons. The molecule has 9 atom stereocenters. The fourth-order valence-corrected chi connectivity index (χ4v) is 11.2. The smallest absolute Gasteiger partial charge is 0.409 e. The number of imide groups is 1. The van der Waals surface area contributed by atoms with Gasteiger partial charge in [0, 0.05) is 83.4 Å². The number of alkyl carbamates (subject to hydrolysis) is 1. The number of allylic oxidation sites excluding steroid dienone is 3. The number of likely N-dealkylation sites (N-methyl/N-ethyl adjacent to an activating group) is 1. The fraction of sp³-hybridized carbons (Fsp3) is 0.516. The number of carbonyl (C=O) groups excluding carboxylic acids is 11. The molecule has 8 N–H and O–H groups in total. The van der Waals surface area contributed by atoms with Crippen LogP contribution < -0.4 is 42.0 Å². The molecular formula is C62H79ClN10O18. The van der Waals surface area contributed by atoms with E-state index in [0.29, 0.717) is 22.9 Å². The van der Waals surface area contributed by atoms with E-state index in [0.717, 1.165) is 16.0 Å². The maximum absolute atomic E-state index is 14.6. The summed E-state index contributed by atoms with van der Waals surface area (Å²) >= 11 is 6.85. The van der Waals surface area contributed by atoms with Gasteiger partial charge in [-0.3, -0.25) is 43.9 Å². The predicted molar refractivity (Wildman–Crippen MR) is 327 cm³/mol. The second kappa shape index (κ2) is 30.4. The highest BCUT2D eigenvalue weighted by molar-refractivity contribution is 6.35. The average Bonchev–Trinajstić information content (AvgIpc) is 1.62. The number of aliphatic hydroxyl groups is 1. The van der Waals surface area contributed by atoms with E-state index >= 15 is 0 Å². The molecule has 1 aromatic heterocycles. The molecule has 2 aromatic carbocycles. The molecular weight excluding hydrogens is 1210 g/mol. The number of anilines is 2. The van der Waals surface area contributed by atoms with Gasteiger partial charge in [-0.15, -0.1) is 5.06 Å². The highest BCUT2D eigenvalue weighted by Gasteiger charge is 2.62. The van der Waals surface area contributed by atoms with Crippen LogP contribution in [0.15, 0.2) is 66.4 Å². The molecule has 91 heavy (non-hydrogen) atoms. The van der Waals surface area contributed by atoms with Gasteiger partial charge in [-0.2, -0.15) is 0 Å². The maximum Gasteiger partial charge on any atom is 0.409 e. The first-order valence-corrected chi connectivity index (χ1v) is 30.2. The molecule has 0 aliphatic carbocycles. The van der Waals surface area contributed by atoms with E-state index in [1.807, 2.05) is 13.0 Å². The number of nitrogens with one attached hydrogen (secondary N) is 5. The van der Waals surface area contributed by atoms with E-state index in [-0.39, 0.29) is 97.9 Å². The second-order valence-corrected chi connectivity index (χ2v) is 23.8. The summed E-state index contributed by atoms with van der Waals surface area (Å²) in [4.78, 5) is 157. The topological polar surface area (TPSA) is 375 Å². The van der Waals surface area contributed by atoms with Crippen LogP contribution in [0.25, 0.3) is 10.9 Å². The number of rotatable bonds is 22. The van der Waals surface area contributed by atoms with Crippen LogP contribution in [0.5, 0.6) is 5.75 Å². The van der Waals surface area contributed by atoms with E-state index < -0.39 is 132 Å². The van der Waals surface area contributed by atoms with Gasteiger partial charge >= 0.3 is 24.1 Å². The number of hydroxylamine groups is 2. The number of epoxide rings is 1. The quantitative estimate of drug-likeness (QED) is 0.0319.